The van der Waals surface area contributed by atoms with E-state index in [0.29, 0.717) is 17.7 Å². The smallest absolute Gasteiger partial charge is 0.209 e. The first-order valence-electron chi connectivity index (χ1n) is 6.03. The number of thioether (sulfide) groups is 1. The molecule has 1 aliphatic rings. The molecule has 0 saturated carbocycles. The van der Waals surface area contributed by atoms with Crippen LogP contribution in [0.15, 0.2) is 4.99 Å². The predicted molar refractivity (Wildman–Crippen MR) is 78.6 cm³/mol. The normalized spacial score (nSPS) is 21.2. The minimum Gasteiger partial charge on any atom is -0.363 e. The number of hydrogen-bond donors (Lipinski definition) is 2. The van der Waals surface area contributed by atoms with Crippen molar-refractivity contribution in [3.63, 3.8) is 0 Å². The van der Waals surface area contributed by atoms with Gasteiger partial charge in [-0.2, -0.15) is 0 Å². The molecule has 2 N–H and O–H groups in total. The Balaban J connectivity index is 2.42. The summed E-state index contributed by atoms with van der Waals surface area (Å²) in [5.74, 6) is 0.597. The largest absolute Gasteiger partial charge is 0.363 e. The number of rotatable bonds is 5. The highest BCUT2D eigenvalue weighted by Crippen LogP contribution is 2.25. The summed E-state index contributed by atoms with van der Waals surface area (Å²) in [7, 11) is -3.19. The molecule has 106 valence electrons. The molecule has 7 heteroatoms. The van der Waals surface area contributed by atoms with Crippen LogP contribution in [0.25, 0.3) is 0 Å². The van der Waals surface area contributed by atoms with Gasteiger partial charge in [0, 0.05) is 17.3 Å². The third kappa shape index (κ3) is 5.58. The van der Waals surface area contributed by atoms with Crippen LogP contribution in [0.5, 0.6) is 0 Å². The highest BCUT2D eigenvalue weighted by atomic mass is 32.2. The van der Waals surface area contributed by atoms with Crippen LogP contribution >= 0.6 is 11.8 Å². The van der Waals surface area contributed by atoms with Gasteiger partial charge in [0.25, 0.3) is 0 Å². The van der Waals surface area contributed by atoms with Gasteiger partial charge in [0.05, 0.1) is 12.8 Å². The molecule has 1 rings (SSSR count). The number of amidine groups is 1. The van der Waals surface area contributed by atoms with Crippen LogP contribution < -0.4 is 10.0 Å². The predicted octanol–water partition coefficient (Wildman–Crippen LogP) is 1.03. The molecule has 1 heterocycles. The lowest BCUT2D eigenvalue weighted by atomic mass is 10.1. The number of nitrogens with zero attached hydrogens (tertiary/aromatic N) is 1. The minimum atomic E-state index is -3.19. The van der Waals surface area contributed by atoms with E-state index in [0.717, 1.165) is 11.7 Å². The Kier molecular flexibility index (Phi) is 5.08. The van der Waals surface area contributed by atoms with Crippen LogP contribution in [-0.4, -0.2) is 43.7 Å². The van der Waals surface area contributed by atoms with E-state index in [9.17, 15) is 8.42 Å². The Morgan fingerprint density at radius 3 is 2.56 bits per heavy atom. The molecule has 18 heavy (non-hydrogen) atoms. The molecule has 0 amide bonds. The van der Waals surface area contributed by atoms with Crippen molar-refractivity contribution in [2.45, 2.75) is 38.5 Å². The quantitative estimate of drug-likeness (QED) is 0.794. The zero-order valence-electron chi connectivity index (χ0n) is 11.6. The van der Waals surface area contributed by atoms with Gasteiger partial charge in [-0.1, -0.05) is 25.6 Å². The van der Waals surface area contributed by atoms with Gasteiger partial charge >= 0.3 is 0 Å². The lowest BCUT2D eigenvalue weighted by Crippen LogP contribution is -2.50. The highest BCUT2D eigenvalue weighted by molar-refractivity contribution is 8.14. The molecule has 0 saturated heterocycles. The second-order valence-electron chi connectivity index (χ2n) is 5.66. The van der Waals surface area contributed by atoms with E-state index in [1.165, 1.54) is 6.26 Å². The first-order chi connectivity index (χ1) is 8.09. The summed E-state index contributed by atoms with van der Waals surface area (Å²) >= 11 is 1.74. The molecule has 0 aromatic carbocycles. The lowest BCUT2D eigenvalue weighted by molar-refractivity contribution is 0.450. The summed E-state index contributed by atoms with van der Waals surface area (Å²) in [4.78, 5) is 4.43. The monoisotopic (exact) mass is 293 g/mol. The third-order valence-electron chi connectivity index (χ3n) is 2.56. The van der Waals surface area contributed by atoms with E-state index in [2.05, 4.69) is 28.9 Å². The standard InChI is InChI=1S/C11H23N3O2S2/c1-8(2)9-6-12-10(17-9)13-7-11(3,4)14-18(5,15)16/h8-9,14H,6-7H2,1-5H3,(H,12,13). The topological polar surface area (TPSA) is 70.6 Å². The molecule has 1 atom stereocenters. The van der Waals surface area contributed by atoms with Crippen LogP contribution in [0.2, 0.25) is 0 Å². The maximum Gasteiger partial charge on any atom is 0.209 e. The maximum atomic E-state index is 11.2. The SMILES string of the molecule is CC(C)C1CN=C(NCC(C)(C)NS(C)(=O)=O)S1. The van der Waals surface area contributed by atoms with E-state index >= 15 is 0 Å². The van der Waals surface area contributed by atoms with Crippen LogP contribution in [0.3, 0.4) is 0 Å². The van der Waals surface area contributed by atoms with Crippen molar-refractivity contribution in [2.75, 3.05) is 19.3 Å². The molecule has 0 aliphatic carbocycles. The van der Waals surface area contributed by atoms with Crippen molar-refractivity contribution >= 4 is 27.0 Å². The molecular weight excluding hydrogens is 270 g/mol. The second kappa shape index (κ2) is 5.79. The van der Waals surface area contributed by atoms with Crippen LogP contribution in [0.1, 0.15) is 27.7 Å². The Labute approximate surface area is 114 Å². The Morgan fingerprint density at radius 2 is 2.11 bits per heavy atom. The van der Waals surface area contributed by atoms with Crippen molar-refractivity contribution in [3.05, 3.63) is 0 Å². The fraction of sp³-hybridized carbons (Fsp3) is 0.909. The van der Waals surface area contributed by atoms with Crippen LogP contribution in [-0.2, 0) is 10.0 Å². The number of hydrogen-bond acceptors (Lipinski definition) is 5. The summed E-state index contributed by atoms with van der Waals surface area (Å²) < 4.78 is 25.0. The molecule has 0 radical (unpaired) electrons. The molecule has 0 bridgehead atoms. The highest BCUT2D eigenvalue weighted by Gasteiger charge is 2.26. The van der Waals surface area contributed by atoms with Crippen molar-refractivity contribution in [1.82, 2.24) is 10.0 Å². The van der Waals surface area contributed by atoms with Gasteiger partial charge < -0.3 is 5.32 Å². The minimum absolute atomic E-state index is 0.521. The van der Waals surface area contributed by atoms with Crippen molar-refractivity contribution in [2.24, 2.45) is 10.9 Å². The van der Waals surface area contributed by atoms with E-state index in [-0.39, 0.29) is 0 Å². The van der Waals surface area contributed by atoms with Crippen LogP contribution in [0, 0.1) is 5.92 Å². The van der Waals surface area contributed by atoms with Gasteiger partial charge in [-0.25, -0.2) is 13.1 Å². The Morgan fingerprint density at radius 1 is 1.50 bits per heavy atom. The van der Waals surface area contributed by atoms with E-state index in [1.54, 1.807) is 11.8 Å². The maximum absolute atomic E-state index is 11.2. The summed E-state index contributed by atoms with van der Waals surface area (Å²) in [5, 5.41) is 4.66. The summed E-state index contributed by atoms with van der Waals surface area (Å²) in [6.07, 6.45) is 1.17. The molecule has 1 aliphatic heterocycles. The summed E-state index contributed by atoms with van der Waals surface area (Å²) in [6.45, 7) is 9.43. The third-order valence-corrected chi connectivity index (χ3v) is 4.98. The average Bonchev–Trinajstić information content (AvgIpc) is 2.59. The molecule has 0 fully saturated rings. The van der Waals surface area contributed by atoms with Crippen molar-refractivity contribution < 1.29 is 8.42 Å². The molecule has 0 spiro atoms. The van der Waals surface area contributed by atoms with Crippen LogP contribution in [0.4, 0.5) is 0 Å². The fourth-order valence-corrected chi connectivity index (χ4v) is 3.76. The number of sulfonamides is 1. The van der Waals surface area contributed by atoms with Gasteiger partial charge in [-0.3, -0.25) is 4.99 Å². The van der Waals surface area contributed by atoms with Gasteiger partial charge in [0.1, 0.15) is 0 Å². The van der Waals surface area contributed by atoms with Crippen molar-refractivity contribution in [1.29, 1.82) is 0 Å². The van der Waals surface area contributed by atoms with Crippen molar-refractivity contribution in [3.8, 4) is 0 Å². The lowest BCUT2D eigenvalue weighted by Gasteiger charge is -2.25. The van der Waals surface area contributed by atoms with Gasteiger partial charge in [-0.15, -0.1) is 0 Å². The Hall–Kier alpha value is -0.270. The first-order valence-corrected chi connectivity index (χ1v) is 8.80. The summed E-state index contributed by atoms with van der Waals surface area (Å²) in [5.41, 5.74) is -0.521. The summed E-state index contributed by atoms with van der Waals surface area (Å²) in [6, 6.07) is 0. The molecule has 0 aromatic rings. The fourth-order valence-electron chi connectivity index (χ4n) is 1.67. The van der Waals surface area contributed by atoms with Gasteiger partial charge in [0.15, 0.2) is 5.17 Å². The average molecular weight is 293 g/mol. The van der Waals surface area contributed by atoms with E-state index in [1.807, 2.05) is 13.8 Å². The van der Waals surface area contributed by atoms with E-state index < -0.39 is 15.6 Å². The Bertz CT molecular complexity index is 416. The van der Waals surface area contributed by atoms with E-state index in [4.69, 9.17) is 0 Å². The van der Waals surface area contributed by atoms with Gasteiger partial charge in [-0.05, 0) is 19.8 Å². The zero-order valence-corrected chi connectivity index (χ0v) is 13.3. The first kappa shape index (κ1) is 15.8. The molecular formula is C11H23N3O2S2. The molecule has 1 unspecified atom stereocenters. The molecule has 5 nitrogen and oxygen atoms in total. The van der Waals surface area contributed by atoms with Gasteiger partial charge in [0.2, 0.25) is 10.0 Å². The second-order valence-corrected chi connectivity index (χ2v) is 8.63. The number of aliphatic imine (C=N–C) groups is 1. The zero-order chi connectivity index (χ0) is 14.0. The molecule has 0 aromatic heterocycles. The number of nitrogens with one attached hydrogen (secondary N) is 2.